The highest BCUT2D eigenvalue weighted by Crippen LogP contribution is 2.28. The molecular formula is C13H27N3O2. The van der Waals surface area contributed by atoms with Gasteiger partial charge in [-0.2, -0.15) is 0 Å². The van der Waals surface area contributed by atoms with Crippen molar-refractivity contribution >= 4 is 5.91 Å². The molecule has 0 aliphatic carbocycles. The molecule has 1 unspecified atom stereocenters. The summed E-state index contributed by atoms with van der Waals surface area (Å²) in [5.41, 5.74) is 5.54. The van der Waals surface area contributed by atoms with E-state index in [4.69, 9.17) is 10.5 Å². The van der Waals surface area contributed by atoms with E-state index in [1.807, 2.05) is 0 Å². The maximum atomic E-state index is 12.0. The summed E-state index contributed by atoms with van der Waals surface area (Å²) in [5, 5.41) is 6.63. The average Bonchev–Trinajstić information content (AvgIpc) is 2.13. The van der Waals surface area contributed by atoms with Gasteiger partial charge >= 0.3 is 0 Å². The molecule has 0 spiro atoms. The Morgan fingerprint density at radius 1 is 1.39 bits per heavy atom. The quantitative estimate of drug-likeness (QED) is 0.681. The van der Waals surface area contributed by atoms with Gasteiger partial charge in [0, 0.05) is 30.8 Å². The number of amides is 1. The topological polar surface area (TPSA) is 76.4 Å². The molecule has 0 aromatic carbocycles. The van der Waals surface area contributed by atoms with Crippen molar-refractivity contribution < 1.29 is 9.53 Å². The highest BCUT2D eigenvalue weighted by Gasteiger charge is 2.38. The standard InChI is InChI=1S/C13H27N3O2/c1-12(2)6-9(7-13(3,4)16-12)15-11(17)10(8-14)18-5/h9-10,16H,6-8,14H2,1-5H3,(H,15,17). The first kappa shape index (κ1) is 15.4. The highest BCUT2D eigenvalue weighted by atomic mass is 16.5. The van der Waals surface area contributed by atoms with Gasteiger partial charge in [-0.25, -0.2) is 0 Å². The summed E-state index contributed by atoms with van der Waals surface area (Å²) in [7, 11) is 1.51. The molecule has 1 aliphatic heterocycles. The average molecular weight is 257 g/mol. The summed E-state index contributed by atoms with van der Waals surface area (Å²) < 4.78 is 5.05. The van der Waals surface area contributed by atoms with Crippen LogP contribution in [0.3, 0.4) is 0 Å². The van der Waals surface area contributed by atoms with E-state index in [0.29, 0.717) is 0 Å². The van der Waals surface area contributed by atoms with Gasteiger partial charge < -0.3 is 21.1 Å². The molecule has 1 saturated heterocycles. The van der Waals surface area contributed by atoms with Gasteiger partial charge in [0.1, 0.15) is 6.10 Å². The number of nitrogens with one attached hydrogen (secondary N) is 2. The molecule has 1 aliphatic rings. The molecule has 0 radical (unpaired) electrons. The van der Waals surface area contributed by atoms with E-state index in [1.54, 1.807) is 0 Å². The fraction of sp³-hybridized carbons (Fsp3) is 0.923. The smallest absolute Gasteiger partial charge is 0.250 e. The van der Waals surface area contributed by atoms with Crippen LogP contribution in [0.2, 0.25) is 0 Å². The van der Waals surface area contributed by atoms with Gasteiger partial charge in [0.15, 0.2) is 0 Å². The van der Waals surface area contributed by atoms with E-state index in [0.717, 1.165) is 12.8 Å². The monoisotopic (exact) mass is 257 g/mol. The maximum Gasteiger partial charge on any atom is 0.250 e. The Morgan fingerprint density at radius 2 is 1.89 bits per heavy atom. The summed E-state index contributed by atoms with van der Waals surface area (Å²) in [5.74, 6) is -0.112. The van der Waals surface area contributed by atoms with Crippen LogP contribution in [-0.4, -0.2) is 42.8 Å². The third kappa shape index (κ3) is 4.23. The summed E-state index contributed by atoms with van der Waals surface area (Å²) in [6.07, 6.45) is 1.26. The normalized spacial score (nSPS) is 24.6. The molecule has 0 saturated carbocycles. The van der Waals surface area contributed by atoms with Crippen molar-refractivity contribution in [3.05, 3.63) is 0 Å². The fourth-order valence-electron chi connectivity index (χ4n) is 3.03. The van der Waals surface area contributed by atoms with Crippen molar-refractivity contribution in [2.45, 2.75) is 63.8 Å². The van der Waals surface area contributed by atoms with Gasteiger partial charge in [-0.3, -0.25) is 4.79 Å². The van der Waals surface area contributed by atoms with Gasteiger partial charge in [0.25, 0.3) is 5.91 Å². The molecule has 0 bridgehead atoms. The van der Waals surface area contributed by atoms with Gasteiger partial charge in [-0.05, 0) is 40.5 Å². The van der Waals surface area contributed by atoms with Crippen molar-refractivity contribution in [1.29, 1.82) is 0 Å². The number of hydrogen-bond acceptors (Lipinski definition) is 4. The summed E-state index contributed by atoms with van der Waals surface area (Å²) >= 11 is 0. The largest absolute Gasteiger partial charge is 0.370 e. The first-order chi connectivity index (χ1) is 8.19. The van der Waals surface area contributed by atoms with E-state index in [2.05, 4.69) is 38.3 Å². The maximum absolute atomic E-state index is 12.0. The van der Waals surface area contributed by atoms with Crippen LogP contribution in [0, 0.1) is 0 Å². The van der Waals surface area contributed by atoms with E-state index < -0.39 is 6.10 Å². The first-order valence-corrected chi connectivity index (χ1v) is 6.52. The van der Waals surface area contributed by atoms with Crippen LogP contribution >= 0.6 is 0 Å². The van der Waals surface area contributed by atoms with E-state index in [9.17, 15) is 4.79 Å². The van der Waals surface area contributed by atoms with Gasteiger partial charge in [-0.1, -0.05) is 0 Å². The van der Waals surface area contributed by atoms with Gasteiger partial charge in [0.2, 0.25) is 0 Å². The molecule has 5 nitrogen and oxygen atoms in total. The first-order valence-electron chi connectivity index (χ1n) is 6.52. The number of carbonyl (C=O) groups is 1. The highest BCUT2D eigenvalue weighted by molar-refractivity contribution is 5.81. The second-order valence-corrected chi connectivity index (χ2v) is 6.47. The van der Waals surface area contributed by atoms with Crippen LogP contribution in [0.5, 0.6) is 0 Å². The Labute approximate surface area is 110 Å². The van der Waals surface area contributed by atoms with Crippen LogP contribution in [0.4, 0.5) is 0 Å². The lowest BCUT2D eigenvalue weighted by atomic mass is 9.79. The third-order valence-corrected chi connectivity index (χ3v) is 3.33. The van der Waals surface area contributed by atoms with Crippen LogP contribution in [0.15, 0.2) is 0 Å². The summed E-state index contributed by atoms with van der Waals surface area (Å²) in [4.78, 5) is 12.0. The Hall–Kier alpha value is -0.650. The Kier molecular flexibility index (Phi) is 4.75. The zero-order chi connectivity index (χ0) is 14.0. The Balaban J connectivity index is 2.64. The number of rotatable bonds is 4. The van der Waals surface area contributed by atoms with E-state index in [-0.39, 0.29) is 29.6 Å². The summed E-state index contributed by atoms with van der Waals surface area (Å²) in [6.45, 7) is 8.83. The van der Waals surface area contributed by atoms with Crippen LogP contribution in [-0.2, 0) is 9.53 Å². The lowest BCUT2D eigenvalue weighted by Crippen LogP contribution is -2.63. The number of hydrogen-bond donors (Lipinski definition) is 3. The molecule has 4 N–H and O–H groups in total. The second kappa shape index (κ2) is 5.55. The zero-order valence-corrected chi connectivity index (χ0v) is 12.2. The van der Waals surface area contributed by atoms with Crippen LogP contribution < -0.4 is 16.4 Å². The van der Waals surface area contributed by atoms with E-state index >= 15 is 0 Å². The SMILES string of the molecule is COC(CN)C(=O)NC1CC(C)(C)NC(C)(C)C1. The van der Waals surface area contributed by atoms with Crippen molar-refractivity contribution in [2.24, 2.45) is 5.73 Å². The zero-order valence-electron chi connectivity index (χ0n) is 12.2. The molecule has 1 heterocycles. The van der Waals surface area contributed by atoms with Crippen molar-refractivity contribution in [1.82, 2.24) is 10.6 Å². The second-order valence-electron chi connectivity index (χ2n) is 6.47. The number of carbonyl (C=O) groups excluding carboxylic acids is 1. The molecule has 0 aromatic heterocycles. The molecule has 5 heteroatoms. The van der Waals surface area contributed by atoms with Crippen LogP contribution in [0.1, 0.15) is 40.5 Å². The van der Waals surface area contributed by atoms with Crippen molar-refractivity contribution in [3.8, 4) is 0 Å². The summed E-state index contributed by atoms with van der Waals surface area (Å²) in [6, 6.07) is 0.160. The molecule has 1 rings (SSSR count). The van der Waals surface area contributed by atoms with E-state index in [1.165, 1.54) is 7.11 Å². The minimum atomic E-state index is -0.550. The Bertz CT molecular complexity index is 283. The minimum Gasteiger partial charge on any atom is -0.370 e. The van der Waals surface area contributed by atoms with Crippen LogP contribution in [0.25, 0.3) is 0 Å². The predicted octanol–water partition coefficient (Wildman–Crippen LogP) is 0.386. The molecule has 18 heavy (non-hydrogen) atoms. The lowest BCUT2D eigenvalue weighted by molar-refractivity contribution is -0.131. The number of methoxy groups -OCH3 is 1. The third-order valence-electron chi connectivity index (χ3n) is 3.33. The molecule has 1 amide bonds. The van der Waals surface area contributed by atoms with Gasteiger partial charge in [-0.15, -0.1) is 0 Å². The van der Waals surface area contributed by atoms with Crippen molar-refractivity contribution in [3.63, 3.8) is 0 Å². The number of ether oxygens (including phenoxy) is 1. The van der Waals surface area contributed by atoms with Crippen molar-refractivity contribution in [2.75, 3.05) is 13.7 Å². The lowest BCUT2D eigenvalue weighted by Gasteiger charge is -2.46. The minimum absolute atomic E-state index is 0.0188. The predicted molar refractivity (Wildman–Crippen MR) is 72.3 cm³/mol. The molecule has 1 fully saturated rings. The molecule has 0 aromatic rings. The number of piperidine rings is 1. The molecular weight excluding hydrogens is 230 g/mol. The fourth-order valence-corrected chi connectivity index (χ4v) is 3.03. The molecule has 106 valence electrons. The Morgan fingerprint density at radius 3 is 2.28 bits per heavy atom. The van der Waals surface area contributed by atoms with Gasteiger partial charge in [0.05, 0.1) is 0 Å². The molecule has 1 atom stereocenters. The number of nitrogens with two attached hydrogens (primary N) is 1.